The van der Waals surface area contributed by atoms with E-state index in [1.165, 1.54) is 0 Å². The standard InChI is InChI=1S/C14H18N4O2/c1-4-6-16-12-8-15-7-5-11(12)13(19)17-14-9(2)10(3)18-20-14/h5,7-8,16H,4,6H2,1-3H3,(H,17,19). The Kier molecular flexibility index (Phi) is 4.34. The summed E-state index contributed by atoms with van der Waals surface area (Å²) in [6, 6.07) is 1.67. The highest BCUT2D eigenvalue weighted by Crippen LogP contribution is 2.20. The van der Waals surface area contributed by atoms with E-state index in [0.717, 1.165) is 24.2 Å². The Bertz CT molecular complexity index is 607. The zero-order valence-corrected chi connectivity index (χ0v) is 11.9. The predicted molar refractivity (Wildman–Crippen MR) is 76.9 cm³/mol. The molecule has 0 spiro atoms. The van der Waals surface area contributed by atoms with Crippen molar-refractivity contribution in [2.75, 3.05) is 17.2 Å². The van der Waals surface area contributed by atoms with E-state index in [4.69, 9.17) is 4.52 Å². The second-order valence-electron chi connectivity index (χ2n) is 4.52. The third kappa shape index (κ3) is 2.96. The molecule has 20 heavy (non-hydrogen) atoms. The lowest BCUT2D eigenvalue weighted by Crippen LogP contribution is -2.15. The quantitative estimate of drug-likeness (QED) is 0.876. The molecular formula is C14H18N4O2. The Hall–Kier alpha value is -2.37. The first-order valence-corrected chi connectivity index (χ1v) is 6.55. The van der Waals surface area contributed by atoms with Gasteiger partial charge in [0.2, 0.25) is 5.88 Å². The number of carbonyl (C=O) groups excluding carboxylic acids is 1. The van der Waals surface area contributed by atoms with Gasteiger partial charge in [-0.25, -0.2) is 0 Å². The molecule has 2 aromatic rings. The number of hydrogen-bond donors (Lipinski definition) is 2. The van der Waals surface area contributed by atoms with E-state index < -0.39 is 0 Å². The monoisotopic (exact) mass is 274 g/mol. The summed E-state index contributed by atoms with van der Waals surface area (Å²) in [6.07, 6.45) is 4.20. The van der Waals surface area contributed by atoms with Gasteiger partial charge in [-0.05, 0) is 26.3 Å². The molecule has 0 aliphatic rings. The Morgan fingerprint density at radius 3 is 2.85 bits per heavy atom. The minimum Gasteiger partial charge on any atom is -0.383 e. The first-order valence-electron chi connectivity index (χ1n) is 6.55. The van der Waals surface area contributed by atoms with Crippen molar-refractivity contribution in [2.45, 2.75) is 27.2 Å². The van der Waals surface area contributed by atoms with Crippen LogP contribution in [0.2, 0.25) is 0 Å². The molecule has 6 nitrogen and oxygen atoms in total. The highest BCUT2D eigenvalue weighted by molar-refractivity contribution is 6.07. The summed E-state index contributed by atoms with van der Waals surface area (Å²) < 4.78 is 5.09. The van der Waals surface area contributed by atoms with Crippen molar-refractivity contribution in [3.8, 4) is 0 Å². The molecule has 0 unspecified atom stereocenters. The maximum atomic E-state index is 12.3. The Morgan fingerprint density at radius 1 is 1.40 bits per heavy atom. The Morgan fingerprint density at radius 2 is 2.20 bits per heavy atom. The summed E-state index contributed by atoms with van der Waals surface area (Å²) in [7, 11) is 0. The number of nitrogens with zero attached hydrogens (tertiary/aromatic N) is 2. The molecule has 6 heteroatoms. The molecular weight excluding hydrogens is 256 g/mol. The van der Waals surface area contributed by atoms with Crippen LogP contribution in [0.1, 0.15) is 35.0 Å². The van der Waals surface area contributed by atoms with Gasteiger partial charge in [-0.1, -0.05) is 12.1 Å². The number of aromatic nitrogens is 2. The van der Waals surface area contributed by atoms with Crippen LogP contribution in [0.4, 0.5) is 11.6 Å². The maximum Gasteiger partial charge on any atom is 0.260 e. The van der Waals surface area contributed by atoms with Crippen molar-refractivity contribution in [3.63, 3.8) is 0 Å². The summed E-state index contributed by atoms with van der Waals surface area (Å²) in [4.78, 5) is 16.3. The average Bonchev–Trinajstić information content (AvgIpc) is 2.77. The Labute approximate surface area is 117 Å². The van der Waals surface area contributed by atoms with Gasteiger partial charge in [0, 0.05) is 18.3 Å². The third-order valence-corrected chi connectivity index (χ3v) is 3.02. The molecule has 2 heterocycles. The van der Waals surface area contributed by atoms with E-state index in [9.17, 15) is 4.79 Å². The van der Waals surface area contributed by atoms with E-state index in [-0.39, 0.29) is 5.91 Å². The van der Waals surface area contributed by atoms with Crippen molar-refractivity contribution in [2.24, 2.45) is 0 Å². The van der Waals surface area contributed by atoms with Gasteiger partial charge in [-0.3, -0.25) is 15.1 Å². The molecule has 0 saturated carbocycles. The highest BCUT2D eigenvalue weighted by atomic mass is 16.5. The van der Waals surface area contributed by atoms with Crippen LogP contribution in [-0.2, 0) is 0 Å². The van der Waals surface area contributed by atoms with Gasteiger partial charge in [0.25, 0.3) is 5.91 Å². The molecule has 0 saturated heterocycles. The summed E-state index contributed by atoms with van der Waals surface area (Å²) in [6.45, 7) is 6.52. The normalized spacial score (nSPS) is 10.3. The van der Waals surface area contributed by atoms with Crippen molar-refractivity contribution in [3.05, 3.63) is 35.3 Å². The molecule has 2 N–H and O–H groups in total. The average molecular weight is 274 g/mol. The van der Waals surface area contributed by atoms with Gasteiger partial charge in [0.1, 0.15) is 0 Å². The van der Waals surface area contributed by atoms with Crippen LogP contribution < -0.4 is 10.6 Å². The smallest absolute Gasteiger partial charge is 0.260 e. The van der Waals surface area contributed by atoms with Crippen molar-refractivity contribution >= 4 is 17.5 Å². The molecule has 0 bridgehead atoms. The molecule has 0 radical (unpaired) electrons. The SMILES string of the molecule is CCCNc1cnccc1C(=O)Nc1onc(C)c1C. The van der Waals surface area contributed by atoms with Gasteiger partial charge in [-0.2, -0.15) is 0 Å². The second-order valence-corrected chi connectivity index (χ2v) is 4.52. The van der Waals surface area contributed by atoms with Crippen molar-refractivity contribution in [1.29, 1.82) is 0 Å². The fourth-order valence-corrected chi connectivity index (χ4v) is 1.70. The fraction of sp³-hybridized carbons (Fsp3) is 0.357. The van der Waals surface area contributed by atoms with Gasteiger partial charge < -0.3 is 9.84 Å². The zero-order valence-electron chi connectivity index (χ0n) is 11.9. The van der Waals surface area contributed by atoms with Crippen LogP contribution in [0, 0.1) is 13.8 Å². The number of hydrogen-bond acceptors (Lipinski definition) is 5. The van der Waals surface area contributed by atoms with Crippen LogP contribution >= 0.6 is 0 Å². The van der Waals surface area contributed by atoms with Gasteiger partial charge in [-0.15, -0.1) is 0 Å². The van der Waals surface area contributed by atoms with E-state index in [1.807, 2.05) is 13.8 Å². The zero-order chi connectivity index (χ0) is 14.5. The summed E-state index contributed by atoms with van der Waals surface area (Å²) in [5, 5.41) is 9.73. The molecule has 0 atom stereocenters. The first-order chi connectivity index (χ1) is 9.63. The molecule has 0 fully saturated rings. The van der Waals surface area contributed by atoms with E-state index in [2.05, 4.69) is 27.7 Å². The number of anilines is 2. The maximum absolute atomic E-state index is 12.3. The minimum atomic E-state index is -0.245. The Balaban J connectivity index is 2.19. The van der Waals surface area contributed by atoms with Crippen molar-refractivity contribution in [1.82, 2.24) is 10.1 Å². The molecule has 106 valence electrons. The largest absolute Gasteiger partial charge is 0.383 e. The summed E-state index contributed by atoms with van der Waals surface area (Å²) >= 11 is 0. The number of amides is 1. The van der Waals surface area contributed by atoms with E-state index in [1.54, 1.807) is 18.5 Å². The lowest BCUT2D eigenvalue weighted by Gasteiger charge is -2.10. The summed E-state index contributed by atoms with van der Waals surface area (Å²) in [5.74, 6) is 0.135. The van der Waals surface area contributed by atoms with Crippen LogP contribution in [-0.4, -0.2) is 22.6 Å². The third-order valence-electron chi connectivity index (χ3n) is 3.02. The number of nitrogens with one attached hydrogen (secondary N) is 2. The van der Waals surface area contributed by atoms with Gasteiger partial charge in [0.05, 0.1) is 23.1 Å². The van der Waals surface area contributed by atoms with Crippen molar-refractivity contribution < 1.29 is 9.32 Å². The van der Waals surface area contributed by atoms with Crippen LogP contribution in [0.15, 0.2) is 23.0 Å². The molecule has 2 aromatic heterocycles. The molecule has 0 aliphatic heterocycles. The molecule has 0 aliphatic carbocycles. The lowest BCUT2D eigenvalue weighted by molar-refractivity contribution is 0.102. The number of rotatable bonds is 5. The molecule has 0 aromatic carbocycles. The van der Waals surface area contributed by atoms with Crippen LogP contribution in [0.5, 0.6) is 0 Å². The van der Waals surface area contributed by atoms with Crippen LogP contribution in [0.25, 0.3) is 0 Å². The van der Waals surface area contributed by atoms with Gasteiger partial charge >= 0.3 is 0 Å². The summed E-state index contributed by atoms with van der Waals surface area (Å²) in [5.41, 5.74) is 2.83. The highest BCUT2D eigenvalue weighted by Gasteiger charge is 2.15. The number of aryl methyl sites for hydroxylation is 1. The fourth-order valence-electron chi connectivity index (χ4n) is 1.70. The minimum absolute atomic E-state index is 0.245. The number of carbonyl (C=O) groups is 1. The predicted octanol–water partition coefficient (Wildman–Crippen LogP) is 2.76. The molecule has 2 rings (SSSR count). The van der Waals surface area contributed by atoms with Gasteiger partial charge in [0.15, 0.2) is 0 Å². The number of pyridine rings is 1. The second kappa shape index (κ2) is 6.18. The first kappa shape index (κ1) is 14.0. The topological polar surface area (TPSA) is 80.0 Å². The lowest BCUT2D eigenvalue weighted by atomic mass is 10.2. The van der Waals surface area contributed by atoms with E-state index >= 15 is 0 Å². The molecule has 1 amide bonds. The van der Waals surface area contributed by atoms with E-state index in [0.29, 0.717) is 17.1 Å². The van der Waals surface area contributed by atoms with Crippen LogP contribution in [0.3, 0.4) is 0 Å².